The van der Waals surface area contributed by atoms with E-state index < -0.39 is 126 Å². The number of fused-ring (bicyclic) bond motifs is 6. The SMILES string of the molecule is C[N+](C)(C)[C@@H](CCCCn1cc(C[C@H](N)C(=O)NCCOCCOCCn2cc(CNC(=O)c3ccc4c(c3)C(=O)OC43c4ccc(N)c(S(=O)(=O)O)c4Oc4c3ccc(N)c4S(=O)(=O)O)nn2)nn1)C(=O)NCC(CO[C@@H]1O[C@H](CO)[C@@H](O)[C@H](O)[C@H]1O)c1ccccc1. The maximum Gasteiger partial charge on any atom is 0.340 e. The van der Waals surface area contributed by atoms with Gasteiger partial charge in [0.25, 0.3) is 32.1 Å². The van der Waals surface area contributed by atoms with E-state index in [4.69, 9.17) is 45.6 Å². The van der Waals surface area contributed by atoms with Crippen LogP contribution in [0.5, 0.6) is 11.5 Å². The molecular weight excluding hydrogens is 1270 g/mol. The minimum absolute atomic E-state index is 0.00890. The third-order valence-electron chi connectivity index (χ3n) is 16.1. The Labute approximate surface area is 539 Å². The van der Waals surface area contributed by atoms with E-state index in [9.17, 15) is 65.5 Å². The quantitative estimate of drug-likeness (QED) is 0.00792. The van der Waals surface area contributed by atoms with Crippen LogP contribution in [-0.2, 0) is 85.2 Å². The fourth-order valence-corrected chi connectivity index (χ4v) is 12.8. The summed E-state index contributed by atoms with van der Waals surface area (Å²) in [6, 6.07) is 16.6. The zero-order chi connectivity index (χ0) is 67.9. The van der Waals surface area contributed by atoms with E-state index in [0.717, 1.165) is 17.7 Å². The number of aromatic nitrogens is 6. The second-order valence-corrected chi connectivity index (χ2v) is 26.3. The zero-order valence-electron chi connectivity index (χ0n) is 51.4. The van der Waals surface area contributed by atoms with Crippen LogP contribution in [0, 0.1) is 0 Å². The first kappa shape index (κ1) is 70.2. The van der Waals surface area contributed by atoms with E-state index in [0.29, 0.717) is 48.2 Å². The molecule has 8 atom stereocenters. The van der Waals surface area contributed by atoms with Gasteiger partial charge in [0, 0.05) is 66.8 Å². The summed E-state index contributed by atoms with van der Waals surface area (Å²) in [4.78, 5) is 51.9. The number of amides is 3. The van der Waals surface area contributed by atoms with Crippen molar-refractivity contribution in [1.82, 2.24) is 45.9 Å². The molecule has 3 aliphatic heterocycles. The van der Waals surface area contributed by atoms with Crippen molar-refractivity contribution in [3.8, 4) is 11.5 Å². The summed E-state index contributed by atoms with van der Waals surface area (Å²) in [6.45, 7) is 1.35. The molecule has 33 nitrogen and oxygen atoms in total. The summed E-state index contributed by atoms with van der Waals surface area (Å²) in [5, 5.41) is 65.6. The maximum absolute atomic E-state index is 13.8. The number of benzene rings is 4. The summed E-state index contributed by atoms with van der Waals surface area (Å²) in [5.41, 5.74) is 16.1. The van der Waals surface area contributed by atoms with Crippen molar-refractivity contribution in [2.75, 3.05) is 85.3 Å². The van der Waals surface area contributed by atoms with Crippen LogP contribution in [0.1, 0.15) is 79.5 Å². The molecule has 2 aromatic heterocycles. The minimum Gasteiger partial charge on any atom is -0.453 e. The lowest BCUT2D eigenvalue weighted by Crippen LogP contribution is -2.59. The number of esters is 1. The van der Waals surface area contributed by atoms with E-state index in [1.807, 2.05) is 51.5 Å². The molecule has 3 amide bonds. The molecule has 1 saturated heterocycles. The van der Waals surface area contributed by atoms with Gasteiger partial charge in [0.15, 0.2) is 39.2 Å². The molecule has 35 heteroatoms. The van der Waals surface area contributed by atoms with Crippen LogP contribution in [0.3, 0.4) is 0 Å². The summed E-state index contributed by atoms with van der Waals surface area (Å²) in [5.74, 6) is -4.02. The molecule has 0 bridgehead atoms. The van der Waals surface area contributed by atoms with E-state index in [2.05, 4.69) is 36.6 Å². The Morgan fingerprint density at radius 2 is 1.36 bits per heavy atom. The van der Waals surface area contributed by atoms with Gasteiger partial charge in [-0.15, -0.1) is 10.2 Å². The zero-order valence-corrected chi connectivity index (χ0v) is 53.0. The van der Waals surface area contributed by atoms with Crippen molar-refractivity contribution >= 4 is 55.3 Å². The third-order valence-corrected chi connectivity index (χ3v) is 18.0. The van der Waals surface area contributed by atoms with E-state index in [1.54, 1.807) is 17.1 Å². The van der Waals surface area contributed by atoms with Gasteiger partial charge < -0.3 is 86.5 Å². The highest BCUT2D eigenvalue weighted by molar-refractivity contribution is 7.86. The number of rotatable bonds is 31. The number of hydrogen-bond donors (Lipinski definition) is 12. The minimum atomic E-state index is -5.19. The normalized spacial score (nSPS) is 19.3. The summed E-state index contributed by atoms with van der Waals surface area (Å²) >= 11 is 0. The Morgan fingerprint density at radius 1 is 0.745 bits per heavy atom. The van der Waals surface area contributed by atoms with Crippen molar-refractivity contribution in [3.63, 3.8) is 0 Å². The molecule has 1 spiro atoms. The molecule has 1 fully saturated rings. The Hall–Kier alpha value is -8.14. The fraction of sp³-hybridized carbons (Fsp3) is 0.458. The predicted octanol–water partition coefficient (Wildman–Crippen LogP) is -1.29. The summed E-state index contributed by atoms with van der Waals surface area (Å²) in [7, 11) is -4.56. The number of nitrogens with one attached hydrogen (secondary N) is 3. The summed E-state index contributed by atoms with van der Waals surface area (Å²) < 4.78 is 109. The average Bonchev–Trinajstić information content (AvgIpc) is 1.38. The van der Waals surface area contributed by atoms with Gasteiger partial charge in [0.05, 0.1) is 109 Å². The Bertz CT molecular complexity index is 3860. The Kier molecular flexibility index (Phi) is 22.1. The fourth-order valence-electron chi connectivity index (χ4n) is 11.3. The van der Waals surface area contributed by atoms with Crippen molar-refractivity contribution in [2.24, 2.45) is 5.73 Å². The molecule has 3 aliphatic rings. The first-order valence-electron chi connectivity index (χ1n) is 29.8. The van der Waals surface area contributed by atoms with Crippen LogP contribution in [-0.4, -0.2) is 221 Å². The lowest BCUT2D eigenvalue weighted by Gasteiger charge is -2.40. The number of nitrogen functional groups attached to an aromatic ring is 2. The maximum atomic E-state index is 13.8. The van der Waals surface area contributed by atoms with Gasteiger partial charge in [-0.3, -0.25) is 28.2 Å². The van der Waals surface area contributed by atoms with E-state index >= 15 is 0 Å². The lowest BCUT2D eigenvalue weighted by atomic mass is 9.77. The smallest absolute Gasteiger partial charge is 0.340 e. The number of likely N-dealkylation sites (N-methyl/N-ethyl adjacent to an activating group) is 1. The molecule has 4 aromatic carbocycles. The van der Waals surface area contributed by atoms with Gasteiger partial charge in [0.1, 0.15) is 30.1 Å². The number of ether oxygens (including phenoxy) is 6. The first-order valence-corrected chi connectivity index (χ1v) is 32.7. The van der Waals surface area contributed by atoms with Gasteiger partial charge in [-0.25, -0.2) is 9.48 Å². The van der Waals surface area contributed by atoms with Crippen LogP contribution in [0.25, 0.3) is 0 Å². The largest absolute Gasteiger partial charge is 0.453 e. The number of anilines is 2. The number of carbonyl (C=O) groups is 4. The highest BCUT2D eigenvalue weighted by Crippen LogP contribution is 2.60. The van der Waals surface area contributed by atoms with Crippen molar-refractivity contribution < 1.29 is 98.4 Å². The highest BCUT2D eigenvalue weighted by Gasteiger charge is 2.56. The molecule has 0 saturated carbocycles. The molecule has 15 N–H and O–H groups in total. The second-order valence-electron chi connectivity index (χ2n) is 23.6. The number of carbonyl (C=O) groups excluding carboxylic acids is 4. The second kappa shape index (κ2) is 29.7. The number of nitrogens with two attached hydrogens (primary N) is 3. The number of aryl methyl sites for hydroxylation is 1. The number of aliphatic hydroxyl groups is 4. The van der Waals surface area contributed by atoms with Crippen LogP contribution in [0.15, 0.2) is 95.0 Å². The van der Waals surface area contributed by atoms with Crippen LogP contribution >= 0.6 is 0 Å². The average molecular weight is 1350 g/mol. The van der Waals surface area contributed by atoms with E-state index in [-0.39, 0.29) is 98.7 Å². The molecule has 94 heavy (non-hydrogen) atoms. The van der Waals surface area contributed by atoms with Crippen LogP contribution < -0.4 is 37.9 Å². The van der Waals surface area contributed by atoms with Crippen LogP contribution in [0.2, 0.25) is 0 Å². The predicted molar refractivity (Wildman–Crippen MR) is 328 cm³/mol. The Morgan fingerprint density at radius 3 is 2.00 bits per heavy atom. The van der Waals surface area contributed by atoms with E-state index in [1.165, 1.54) is 35.0 Å². The number of quaternary nitrogens is 1. The Balaban J connectivity index is 0.658. The van der Waals surface area contributed by atoms with Gasteiger partial charge in [-0.1, -0.05) is 46.8 Å². The highest BCUT2D eigenvalue weighted by atomic mass is 32.2. The molecule has 6 aromatic rings. The molecular formula is C59H76N13O20S2+. The molecule has 5 heterocycles. The number of hydrogen-bond acceptors (Lipinski definition) is 25. The standard InChI is InChI=1S/C59H75N13O20S2/c1-72(2,3)45(56(79)64-27-35(33-9-5-4-6-10-33)32-89-58-49(76)48(75)47(74)46(31-73)90-58)11-7-8-19-70-29-36(66-68-70)26-44(62)55(78)63-18-21-87-23-24-88-22-20-71-30-37(67-69-71)28-65-54(77)34-12-13-39-38(25-34)57(80)92-59(39)40-14-16-42(60)52(93(81,82)83)50(40)91-51-41(59)15-17-43(61)53(51)94(84,85)86/h4-6,9-10,12-17,25,29-30,35,44-49,58,73-76H,7-8,11,18-24,26-28,31-32,60-62H2,1-3H3,(H4-,63,64,65,77,78,79,81,82,83,84,85,86)/p+1/t35?,44-,45-,46+,47+,48-,49+,58+/m0/s1. The number of aliphatic hydroxyl groups excluding tert-OH is 4. The van der Waals surface area contributed by atoms with Crippen LogP contribution in [0.4, 0.5) is 11.4 Å². The number of unbranched alkanes of at least 4 members (excludes halogenated alkanes) is 1. The topological polar surface area (TPSA) is 489 Å². The van der Waals surface area contributed by atoms with Crippen molar-refractivity contribution in [3.05, 3.63) is 130 Å². The third kappa shape index (κ3) is 16.0. The summed E-state index contributed by atoms with van der Waals surface area (Å²) in [6.07, 6.45) is -1.74. The molecule has 1 unspecified atom stereocenters. The lowest BCUT2D eigenvalue weighted by molar-refractivity contribution is -0.886. The monoisotopic (exact) mass is 1350 g/mol. The molecule has 0 aliphatic carbocycles. The molecule has 9 rings (SSSR count). The molecule has 0 radical (unpaired) electrons. The van der Waals surface area contributed by atoms with Crippen molar-refractivity contribution in [2.45, 2.75) is 109 Å². The van der Waals surface area contributed by atoms with Gasteiger partial charge >= 0.3 is 5.97 Å². The van der Waals surface area contributed by atoms with Gasteiger partial charge in [-0.05, 0) is 54.8 Å². The number of nitrogens with zero attached hydrogens (tertiary/aromatic N) is 7. The first-order chi connectivity index (χ1) is 44.6. The van der Waals surface area contributed by atoms with Crippen molar-refractivity contribution in [1.29, 1.82) is 0 Å². The van der Waals surface area contributed by atoms with Gasteiger partial charge in [-0.2, -0.15) is 16.8 Å². The van der Waals surface area contributed by atoms with Gasteiger partial charge in [0.2, 0.25) is 5.91 Å². The molecule has 508 valence electrons.